The van der Waals surface area contributed by atoms with E-state index in [-0.39, 0.29) is 11.8 Å². The normalized spacial score (nSPS) is 17.0. The molecule has 10 heteroatoms. The van der Waals surface area contributed by atoms with E-state index in [0.29, 0.717) is 6.54 Å². The van der Waals surface area contributed by atoms with Crippen molar-refractivity contribution in [3.8, 4) is 5.75 Å². The Kier molecular flexibility index (Phi) is 8.64. The zero-order valence-corrected chi connectivity index (χ0v) is 19.0. The summed E-state index contributed by atoms with van der Waals surface area (Å²) in [6.45, 7) is 4.27. The highest BCUT2D eigenvalue weighted by molar-refractivity contribution is 5.80. The Morgan fingerprint density at radius 2 is 2.06 bits per heavy atom. The average Bonchev–Trinajstić information content (AvgIpc) is 3.10. The van der Waals surface area contributed by atoms with Crippen LogP contribution in [0.1, 0.15) is 44.3 Å². The number of piperidine rings is 1. The lowest BCUT2D eigenvalue weighted by molar-refractivity contribution is -0.0498. The third-order valence-electron chi connectivity index (χ3n) is 5.57. The number of guanidine groups is 1. The van der Waals surface area contributed by atoms with Crippen LogP contribution in [0.2, 0.25) is 0 Å². The van der Waals surface area contributed by atoms with Gasteiger partial charge in [-0.1, -0.05) is 13.3 Å². The standard InChI is InChI=1S/C22H33F2N7O/c1-4-5-12-25-22(26-14-20-29-28-16(2)30(20)3)27-17-7-6-13-31(15-17)18-8-10-19(11-9-18)32-21(23)24/h8-11,17,21H,4-7,12-15H2,1-3H3,(H2,25,26,27). The zero-order chi connectivity index (χ0) is 22.9. The van der Waals surface area contributed by atoms with Gasteiger partial charge in [0.15, 0.2) is 11.8 Å². The largest absolute Gasteiger partial charge is 0.435 e. The molecule has 1 aromatic heterocycles. The molecule has 2 aromatic rings. The van der Waals surface area contributed by atoms with Gasteiger partial charge in [0, 0.05) is 38.4 Å². The van der Waals surface area contributed by atoms with Gasteiger partial charge in [0.25, 0.3) is 0 Å². The summed E-state index contributed by atoms with van der Waals surface area (Å²) in [5.74, 6) is 2.61. The molecule has 1 unspecified atom stereocenters. The van der Waals surface area contributed by atoms with Crippen LogP contribution in [-0.2, 0) is 13.6 Å². The maximum Gasteiger partial charge on any atom is 0.387 e. The van der Waals surface area contributed by atoms with Crippen molar-refractivity contribution in [2.24, 2.45) is 12.0 Å². The molecule has 8 nitrogen and oxygen atoms in total. The zero-order valence-electron chi connectivity index (χ0n) is 19.0. The number of halogens is 2. The summed E-state index contributed by atoms with van der Waals surface area (Å²) in [5.41, 5.74) is 0.991. The number of anilines is 1. The van der Waals surface area contributed by atoms with Gasteiger partial charge < -0.3 is 24.8 Å². The van der Waals surface area contributed by atoms with Crippen molar-refractivity contribution in [1.82, 2.24) is 25.4 Å². The van der Waals surface area contributed by atoms with E-state index in [4.69, 9.17) is 4.99 Å². The monoisotopic (exact) mass is 449 g/mol. The van der Waals surface area contributed by atoms with E-state index < -0.39 is 6.61 Å². The molecule has 0 radical (unpaired) electrons. The van der Waals surface area contributed by atoms with Crippen molar-refractivity contribution >= 4 is 11.6 Å². The van der Waals surface area contributed by atoms with Crippen LogP contribution < -0.4 is 20.3 Å². The molecule has 176 valence electrons. The molecule has 0 amide bonds. The molecular formula is C22H33F2N7O. The lowest BCUT2D eigenvalue weighted by Crippen LogP contribution is -2.51. The molecule has 1 saturated heterocycles. The van der Waals surface area contributed by atoms with Gasteiger partial charge in [-0.25, -0.2) is 4.99 Å². The number of unbranched alkanes of at least 4 members (excludes halogenated alkanes) is 1. The number of aliphatic imine (C=N–C) groups is 1. The number of aromatic nitrogens is 3. The summed E-state index contributed by atoms with van der Waals surface area (Å²) in [6, 6.07) is 7.03. The Hall–Kier alpha value is -2.91. The van der Waals surface area contributed by atoms with Gasteiger partial charge in [0.2, 0.25) is 0 Å². The van der Waals surface area contributed by atoms with Crippen molar-refractivity contribution in [3.63, 3.8) is 0 Å². The quantitative estimate of drug-likeness (QED) is 0.348. The fraction of sp³-hybridized carbons (Fsp3) is 0.591. The minimum Gasteiger partial charge on any atom is -0.435 e. The number of nitrogens with zero attached hydrogens (tertiary/aromatic N) is 5. The summed E-state index contributed by atoms with van der Waals surface area (Å²) in [7, 11) is 1.94. The maximum atomic E-state index is 12.4. The summed E-state index contributed by atoms with van der Waals surface area (Å²) in [5, 5.41) is 15.3. The predicted molar refractivity (Wildman–Crippen MR) is 121 cm³/mol. The van der Waals surface area contributed by atoms with Crippen LogP contribution in [-0.4, -0.2) is 53.0 Å². The Morgan fingerprint density at radius 3 is 2.72 bits per heavy atom. The lowest BCUT2D eigenvalue weighted by atomic mass is 10.0. The first kappa shape index (κ1) is 23.7. The van der Waals surface area contributed by atoms with Crippen LogP contribution in [0.25, 0.3) is 0 Å². The second-order valence-electron chi connectivity index (χ2n) is 7.97. The van der Waals surface area contributed by atoms with Gasteiger partial charge in [0.1, 0.15) is 18.1 Å². The summed E-state index contributed by atoms with van der Waals surface area (Å²) < 4.78 is 31.2. The molecule has 0 saturated carbocycles. The third kappa shape index (κ3) is 6.80. The molecule has 0 aliphatic carbocycles. The lowest BCUT2D eigenvalue weighted by Gasteiger charge is -2.35. The second kappa shape index (κ2) is 11.6. The number of ether oxygens (including phenoxy) is 1. The Labute approximate surface area is 188 Å². The van der Waals surface area contributed by atoms with Crippen molar-refractivity contribution in [1.29, 1.82) is 0 Å². The first-order valence-electron chi connectivity index (χ1n) is 11.2. The van der Waals surface area contributed by atoms with Gasteiger partial charge in [-0.15, -0.1) is 10.2 Å². The van der Waals surface area contributed by atoms with Gasteiger partial charge in [0.05, 0.1) is 0 Å². The van der Waals surface area contributed by atoms with Gasteiger partial charge in [-0.05, 0) is 50.5 Å². The first-order chi connectivity index (χ1) is 15.5. The highest BCUT2D eigenvalue weighted by Crippen LogP contribution is 2.23. The molecular weight excluding hydrogens is 416 g/mol. The van der Waals surface area contributed by atoms with Crippen LogP contribution in [0, 0.1) is 6.92 Å². The van der Waals surface area contributed by atoms with Crippen molar-refractivity contribution in [2.45, 2.75) is 58.7 Å². The Morgan fingerprint density at radius 1 is 1.28 bits per heavy atom. The molecule has 0 bridgehead atoms. The minimum absolute atomic E-state index is 0.170. The summed E-state index contributed by atoms with van der Waals surface area (Å²) in [6.07, 6.45) is 4.22. The maximum absolute atomic E-state index is 12.4. The number of hydrogen-bond acceptors (Lipinski definition) is 5. The van der Waals surface area contributed by atoms with E-state index in [1.54, 1.807) is 12.1 Å². The number of nitrogens with one attached hydrogen (secondary N) is 2. The van der Waals surface area contributed by atoms with Crippen LogP contribution in [0.3, 0.4) is 0 Å². The molecule has 1 fully saturated rings. The number of benzene rings is 1. The smallest absolute Gasteiger partial charge is 0.387 e. The number of aryl methyl sites for hydroxylation is 1. The third-order valence-corrected chi connectivity index (χ3v) is 5.57. The van der Waals surface area contributed by atoms with Crippen molar-refractivity contribution in [2.75, 3.05) is 24.5 Å². The minimum atomic E-state index is -2.81. The highest BCUT2D eigenvalue weighted by atomic mass is 19.3. The molecule has 0 spiro atoms. The Bertz CT molecular complexity index is 870. The van der Waals surface area contributed by atoms with Crippen molar-refractivity contribution in [3.05, 3.63) is 35.9 Å². The van der Waals surface area contributed by atoms with Gasteiger partial charge in [-0.2, -0.15) is 8.78 Å². The fourth-order valence-electron chi connectivity index (χ4n) is 3.64. The summed E-state index contributed by atoms with van der Waals surface area (Å²) in [4.78, 5) is 6.99. The first-order valence-corrected chi connectivity index (χ1v) is 11.2. The number of hydrogen-bond donors (Lipinski definition) is 2. The summed E-state index contributed by atoms with van der Waals surface area (Å²) >= 11 is 0. The van der Waals surface area contributed by atoms with E-state index in [9.17, 15) is 8.78 Å². The van der Waals surface area contributed by atoms with E-state index in [1.165, 1.54) is 0 Å². The number of rotatable bonds is 9. The molecule has 1 aromatic carbocycles. The molecule has 1 aliphatic heterocycles. The average molecular weight is 450 g/mol. The van der Waals surface area contributed by atoms with Crippen LogP contribution in [0.15, 0.2) is 29.3 Å². The van der Waals surface area contributed by atoms with Crippen molar-refractivity contribution < 1.29 is 13.5 Å². The Balaban J connectivity index is 1.63. The fourth-order valence-corrected chi connectivity index (χ4v) is 3.64. The molecule has 1 atom stereocenters. The SMILES string of the molecule is CCCCNC(=NCc1nnc(C)n1C)NC1CCCN(c2ccc(OC(F)F)cc2)C1. The molecule has 2 N–H and O–H groups in total. The van der Waals surface area contributed by atoms with Gasteiger partial charge in [-0.3, -0.25) is 0 Å². The topological polar surface area (TPSA) is 79.6 Å². The van der Waals surface area contributed by atoms with Crippen LogP contribution >= 0.6 is 0 Å². The molecule has 2 heterocycles. The molecule has 3 rings (SSSR count). The highest BCUT2D eigenvalue weighted by Gasteiger charge is 2.21. The van der Waals surface area contributed by atoms with E-state index in [0.717, 1.165) is 68.6 Å². The van der Waals surface area contributed by atoms with Crippen LogP contribution in [0.5, 0.6) is 5.75 Å². The van der Waals surface area contributed by atoms with E-state index >= 15 is 0 Å². The predicted octanol–water partition coefficient (Wildman–Crippen LogP) is 3.23. The van der Waals surface area contributed by atoms with Crippen LogP contribution in [0.4, 0.5) is 14.5 Å². The second-order valence-corrected chi connectivity index (χ2v) is 7.97. The van der Waals surface area contributed by atoms with E-state index in [1.807, 2.05) is 30.7 Å². The van der Waals surface area contributed by atoms with E-state index in [2.05, 4.69) is 37.4 Å². The molecule has 32 heavy (non-hydrogen) atoms. The number of alkyl halides is 2. The molecule has 1 aliphatic rings. The van der Waals surface area contributed by atoms with Gasteiger partial charge >= 0.3 is 6.61 Å².